The van der Waals surface area contributed by atoms with Crippen molar-refractivity contribution in [2.24, 2.45) is 0 Å². The standard InChI is InChI=1S/C20H21BrN2O4S/c1-13(2)23-28(25,26)12-15-8-6-14(7-9-15)11-22-20(24)18-10-16-4-3-5-17(21)19(16)27-18/h3-10,13,23H,11-12H2,1-2H3,(H,22,24). The lowest BCUT2D eigenvalue weighted by atomic mass is 10.1. The second kappa shape index (κ2) is 8.46. The molecule has 6 nitrogen and oxygen atoms in total. The van der Waals surface area contributed by atoms with Crippen LogP contribution in [0.3, 0.4) is 0 Å². The lowest BCUT2D eigenvalue weighted by Gasteiger charge is -2.10. The second-order valence-corrected chi connectivity index (χ2v) is 9.41. The first-order valence-corrected chi connectivity index (χ1v) is 11.2. The SMILES string of the molecule is CC(C)NS(=O)(=O)Cc1ccc(CNC(=O)c2cc3cccc(Br)c3o2)cc1. The molecule has 2 N–H and O–H groups in total. The Morgan fingerprint density at radius 3 is 2.43 bits per heavy atom. The van der Waals surface area contributed by atoms with Gasteiger partial charge in [-0.25, -0.2) is 13.1 Å². The van der Waals surface area contributed by atoms with Gasteiger partial charge in [-0.05, 0) is 53.0 Å². The number of hydrogen-bond donors (Lipinski definition) is 2. The van der Waals surface area contributed by atoms with Crippen LogP contribution in [-0.4, -0.2) is 20.4 Å². The third kappa shape index (κ3) is 5.21. The maximum Gasteiger partial charge on any atom is 0.287 e. The molecule has 8 heteroatoms. The number of nitrogens with one attached hydrogen (secondary N) is 2. The van der Waals surface area contributed by atoms with E-state index in [0.717, 1.165) is 15.4 Å². The smallest absolute Gasteiger partial charge is 0.287 e. The van der Waals surface area contributed by atoms with Crippen molar-refractivity contribution in [3.63, 3.8) is 0 Å². The van der Waals surface area contributed by atoms with Crippen molar-refractivity contribution in [2.45, 2.75) is 32.2 Å². The summed E-state index contributed by atoms with van der Waals surface area (Å²) in [6.45, 7) is 3.88. The molecule has 0 aliphatic heterocycles. The zero-order chi connectivity index (χ0) is 20.3. The van der Waals surface area contributed by atoms with Crippen molar-refractivity contribution >= 4 is 42.8 Å². The highest BCUT2D eigenvalue weighted by atomic mass is 79.9. The summed E-state index contributed by atoms with van der Waals surface area (Å²) in [5.41, 5.74) is 2.18. The summed E-state index contributed by atoms with van der Waals surface area (Å²) >= 11 is 3.40. The van der Waals surface area contributed by atoms with Gasteiger partial charge >= 0.3 is 0 Å². The third-order valence-corrected chi connectivity index (χ3v) is 6.14. The largest absolute Gasteiger partial charge is 0.450 e. The highest BCUT2D eigenvalue weighted by Gasteiger charge is 2.14. The van der Waals surface area contributed by atoms with E-state index in [4.69, 9.17) is 4.42 Å². The lowest BCUT2D eigenvalue weighted by molar-refractivity contribution is 0.0925. The number of carbonyl (C=O) groups excluding carboxylic acids is 1. The molecule has 0 aliphatic carbocycles. The minimum absolute atomic E-state index is 0.0777. The van der Waals surface area contributed by atoms with E-state index < -0.39 is 10.0 Å². The molecule has 0 saturated carbocycles. The molecule has 28 heavy (non-hydrogen) atoms. The number of furan rings is 1. The summed E-state index contributed by atoms with van der Waals surface area (Å²) in [7, 11) is -3.36. The van der Waals surface area contributed by atoms with Crippen LogP contribution in [0.25, 0.3) is 11.0 Å². The van der Waals surface area contributed by atoms with E-state index in [0.29, 0.717) is 17.7 Å². The van der Waals surface area contributed by atoms with Gasteiger partial charge in [-0.3, -0.25) is 4.79 Å². The minimum atomic E-state index is -3.36. The van der Waals surface area contributed by atoms with Crippen LogP contribution >= 0.6 is 15.9 Å². The molecule has 0 bridgehead atoms. The topological polar surface area (TPSA) is 88.4 Å². The van der Waals surface area contributed by atoms with Crippen LogP contribution in [0.15, 0.2) is 57.4 Å². The fourth-order valence-corrected chi connectivity index (χ4v) is 4.68. The van der Waals surface area contributed by atoms with E-state index in [1.165, 1.54) is 0 Å². The number of carbonyl (C=O) groups is 1. The highest BCUT2D eigenvalue weighted by molar-refractivity contribution is 9.10. The van der Waals surface area contributed by atoms with Gasteiger partial charge < -0.3 is 9.73 Å². The third-order valence-electron chi connectivity index (χ3n) is 3.97. The quantitative estimate of drug-likeness (QED) is 0.553. The van der Waals surface area contributed by atoms with E-state index in [-0.39, 0.29) is 23.5 Å². The molecular formula is C20H21BrN2O4S. The average Bonchev–Trinajstić information content (AvgIpc) is 3.05. The van der Waals surface area contributed by atoms with Gasteiger partial charge in [-0.2, -0.15) is 0 Å². The van der Waals surface area contributed by atoms with E-state index in [9.17, 15) is 13.2 Å². The molecule has 0 aliphatic rings. The number of para-hydroxylation sites is 1. The maximum absolute atomic E-state index is 12.3. The average molecular weight is 465 g/mol. The van der Waals surface area contributed by atoms with Gasteiger partial charge in [0, 0.05) is 18.0 Å². The van der Waals surface area contributed by atoms with Crippen LogP contribution in [0.2, 0.25) is 0 Å². The molecule has 148 valence electrons. The van der Waals surface area contributed by atoms with Gasteiger partial charge in [-0.15, -0.1) is 0 Å². The number of sulfonamides is 1. The van der Waals surface area contributed by atoms with Gasteiger partial charge in [0.25, 0.3) is 5.91 Å². The zero-order valence-corrected chi connectivity index (χ0v) is 17.9. The Morgan fingerprint density at radius 2 is 1.79 bits per heavy atom. The van der Waals surface area contributed by atoms with Gasteiger partial charge in [0.05, 0.1) is 10.2 Å². The van der Waals surface area contributed by atoms with E-state index in [1.54, 1.807) is 44.2 Å². The summed E-state index contributed by atoms with van der Waals surface area (Å²) in [5.74, 6) is -0.147. The molecule has 0 fully saturated rings. The monoisotopic (exact) mass is 464 g/mol. The number of hydrogen-bond acceptors (Lipinski definition) is 4. The molecule has 1 heterocycles. The molecule has 0 atom stereocenters. The van der Waals surface area contributed by atoms with Crippen molar-refractivity contribution in [1.82, 2.24) is 10.0 Å². The summed E-state index contributed by atoms with van der Waals surface area (Å²) < 4.78 is 32.9. The summed E-state index contributed by atoms with van der Waals surface area (Å²) in [6.07, 6.45) is 0. The normalized spacial score (nSPS) is 11.9. The Morgan fingerprint density at radius 1 is 1.11 bits per heavy atom. The van der Waals surface area contributed by atoms with Crippen LogP contribution in [-0.2, 0) is 22.3 Å². The van der Waals surface area contributed by atoms with Crippen molar-refractivity contribution < 1.29 is 17.6 Å². The Kier molecular flexibility index (Phi) is 6.22. The number of halogens is 1. The van der Waals surface area contributed by atoms with Crippen LogP contribution < -0.4 is 10.0 Å². The molecule has 1 amide bonds. The molecule has 3 rings (SSSR count). The Labute approximate surface area is 172 Å². The first-order valence-electron chi connectivity index (χ1n) is 8.77. The predicted octanol–water partition coefficient (Wildman–Crippen LogP) is 3.95. The van der Waals surface area contributed by atoms with Gasteiger partial charge in [0.15, 0.2) is 5.76 Å². The van der Waals surface area contributed by atoms with Crippen LogP contribution in [0, 0.1) is 0 Å². The molecule has 0 saturated heterocycles. The molecule has 0 spiro atoms. The van der Waals surface area contributed by atoms with Crippen molar-refractivity contribution in [1.29, 1.82) is 0 Å². The Bertz CT molecular complexity index is 1090. The Balaban J connectivity index is 1.61. The summed E-state index contributed by atoms with van der Waals surface area (Å²) in [6, 6.07) is 14.3. The molecule has 3 aromatic rings. The van der Waals surface area contributed by atoms with Gasteiger partial charge in [0.1, 0.15) is 5.58 Å². The van der Waals surface area contributed by atoms with Gasteiger partial charge in [-0.1, -0.05) is 36.4 Å². The fourth-order valence-electron chi connectivity index (χ4n) is 2.78. The second-order valence-electron chi connectivity index (χ2n) is 6.80. The number of fused-ring (bicyclic) bond motifs is 1. The van der Waals surface area contributed by atoms with Crippen LogP contribution in [0.5, 0.6) is 0 Å². The van der Waals surface area contributed by atoms with E-state index in [2.05, 4.69) is 26.0 Å². The number of benzene rings is 2. The zero-order valence-electron chi connectivity index (χ0n) is 15.5. The maximum atomic E-state index is 12.3. The lowest BCUT2D eigenvalue weighted by Crippen LogP contribution is -2.31. The predicted molar refractivity (Wildman–Crippen MR) is 112 cm³/mol. The first-order chi connectivity index (χ1) is 13.2. The summed E-state index contributed by atoms with van der Waals surface area (Å²) in [4.78, 5) is 12.3. The van der Waals surface area contributed by atoms with Crippen LogP contribution in [0.1, 0.15) is 35.5 Å². The van der Waals surface area contributed by atoms with Crippen molar-refractivity contribution in [2.75, 3.05) is 0 Å². The van der Waals surface area contributed by atoms with Crippen LogP contribution in [0.4, 0.5) is 0 Å². The van der Waals surface area contributed by atoms with Crippen molar-refractivity contribution in [3.05, 3.63) is 69.9 Å². The molecular weight excluding hydrogens is 444 g/mol. The molecule has 1 aromatic heterocycles. The molecule has 0 unspecified atom stereocenters. The first kappa shape index (κ1) is 20.6. The minimum Gasteiger partial charge on any atom is -0.450 e. The highest BCUT2D eigenvalue weighted by Crippen LogP contribution is 2.26. The fraction of sp³-hybridized carbons (Fsp3) is 0.250. The Hall–Kier alpha value is -2.16. The number of rotatable bonds is 7. The molecule has 0 radical (unpaired) electrons. The van der Waals surface area contributed by atoms with E-state index in [1.807, 2.05) is 18.2 Å². The van der Waals surface area contributed by atoms with E-state index >= 15 is 0 Å². The molecule has 2 aromatic carbocycles. The number of amides is 1. The van der Waals surface area contributed by atoms with Crippen molar-refractivity contribution in [3.8, 4) is 0 Å². The summed E-state index contributed by atoms with van der Waals surface area (Å²) in [5, 5.41) is 3.66. The van der Waals surface area contributed by atoms with Gasteiger partial charge in [0.2, 0.25) is 10.0 Å².